The Balaban J connectivity index is 2.96. The molecule has 1 rings (SSSR count). The van der Waals surface area contributed by atoms with E-state index >= 15 is 0 Å². The van der Waals surface area contributed by atoms with E-state index in [1.165, 1.54) is 6.92 Å². The van der Waals surface area contributed by atoms with Crippen LogP contribution in [0, 0.1) is 6.92 Å². The van der Waals surface area contributed by atoms with Crippen LogP contribution < -0.4 is 4.74 Å². The highest BCUT2D eigenvalue weighted by molar-refractivity contribution is 9.10. The average molecular weight is 314 g/mol. The average Bonchev–Trinajstić information content (AvgIpc) is 2.17. The number of aromatic carboxylic acids is 1. The van der Waals surface area contributed by atoms with Crippen molar-refractivity contribution in [2.24, 2.45) is 0 Å². The van der Waals surface area contributed by atoms with Gasteiger partial charge in [-0.1, -0.05) is 0 Å². The molecule has 0 aliphatic heterocycles. The molecule has 4 nitrogen and oxygen atoms in total. The molecule has 17 heavy (non-hydrogen) atoms. The van der Waals surface area contributed by atoms with Gasteiger partial charge >= 0.3 is 12.1 Å². The highest BCUT2D eigenvalue weighted by Crippen LogP contribution is 2.27. The summed E-state index contributed by atoms with van der Waals surface area (Å²) in [5.74, 6) is -1.50. The lowest BCUT2D eigenvalue weighted by Gasteiger charge is -2.11. The van der Waals surface area contributed by atoms with Crippen molar-refractivity contribution >= 4 is 21.9 Å². The molecule has 0 spiro atoms. The first kappa shape index (κ1) is 13.8. The molecule has 0 bridgehead atoms. The molecule has 0 radical (unpaired) electrons. The van der Waals surface area contributed by atoms with Gasteiger partial charge < -0.3 is 9.84 Å². The van der Waals surface area contributed by atoms with Gasteiger partial charge in [0.25, 0.3) is 0 Å². The van der Waals surface area contributed by atoms with E-state index in [-0.39, 0.29) is 21.6 Å². The molecule has 0 aliphatic carbocycles. The second kappa shape index (κ2) is 4.91. The van der Waals surface area contributed by atoms with E-state index in [1.54, 1.807) is 0 Å². The van der Waals surface area contributed by atoms with Crippen LogP contribution in [0.1, 0.15) is 16.1 Å². The Morgan fingerprint density at radius 3 is 2.65 bits per heavy atom. The van der Waals surface area contributed by atoms with Crippen molar-refractivity contribution in [3.8, 4) is 5.88 Å². The Labute approximate surface area is 103 Å². The monoisotopic (exact) mass is 313 g/mol. The van der Waals surface area contributed by atoms with Crippen molar-refractivity contribution in [2.45, 2.75) is 13.1 Å². The molecular formula is C9H7BrF3NO3. The quantitative estimate of drug-likeness (QED) is 0.932. The number of aryl methyl sites for hydroxylation is 1. The number of nitrogens with zero attached hydrogens (tertiary/aromatic N) is 1. The van der Waals surface area contributed by atoms with Crippen LogP contribution in [-0.4, -0.2) is 28.8 Å². The summed E-state index contributed by atoms with van der Waals surface area (Å²) in [5, 5.41) is 8.76. The van der Waals surface area contributed by atoms with Gasteiger partial charge in [-0.3, -0.25) is 0 Å². The smallest absolute Gasteiger partial charge is 0.422 e. The highest BCUT2D eigenvalue weighted by atomic mass is 79.9. The molecule has 1 heterocycles. The minimum atomic E-state index is -4.47. The molecule has 1 aromatic heterocycles. The van der Waals surface area contributed by atoms with Gasteiger partial charge in [0.2, 0.25) is 5.88 Å². The Kier molecular flexibility index (Phi) is 3.97. The van der Waals surface area contributed by atoms with Gasteiger partial charge in [-0.15, -0.1) is 0 Å². The lowest BCUT2D eigenvalue weighted by Crippen LogP contribution is -2.20. The second-order valence-corrected chi connectivity index (χ2v) is 3.97. The van der Waals surface area contributed by atoms with E-state index in [9.17, 15) is 18.0 Å². The normalized spacial score (nSPS) is 11.4. The standard InChI is InChI=1S/C9H7BrF3NO3/c1-4-5(8(15)16)2-6(10)7(14-4)17-3-9(11,12)13/h2H,3H2,1H3,(H,15,16). The van der Waals surface area contributed by atoms with Crippen LogP contribution in [-0.2, 0) is 0 Å². The first-order valence-corrected chi connectivity index (χ1v) is 5.10. The number of aromatic nitrogens is 1. The fraction of sp³-hybridized carbons (Fsp3) is 0.333. The van der Waals surface area contributed by atoms with E-state index in [0.29, 0.717) is 0 Å². The molecule has 0 aromatic carbocycles. The second-order valence-electron chi connectivity index (χ2n) is 3.12. The molecule has 1 aromatic rings. The molecule has 0 saturated carbocycles. The van der Waals surface area contributed by atoms with Gasteiger partial charge in [0, 0.05) is 0 Å². The number of carboxylic acid groups (broad SMARTS) is 1. The van der Waals surface area contributed by atoms with E-state index in [2.05, 4.69) is 25.7 Å². The SMILES string of the molecule is Cc1nc(OCC(F)(F)F)c(Br)cc1C(=O)O. The lowest BCUT2D eigenvalue weighted by atomic mass is 10.2. The van der Waals surface area contributed by atoms with Crippen LogP contribution in [0.3, 0.4) is 0 Å². The van der Waals surface area contributed by atoms with Gasteiger partial charge in [-0.05, 0) is 28.9 Å². The van der Waals surface area contributed by atoms with Crippen molar-refractivity contribution in [1.29, 1.82) is 0 Å². The molecule has 0 amide bonds. The molecule has 0 atom stereocenters. The zero-order valence-electron chi connectivity index (χ0n) is 8.51. The molecule has 0 fully saturated rings. The largest absolute Gasteiger partial charge is 0.478 e. The molecule has 94 valence electrons. The van der Waals surface area contributed by atoms with Gasteiger partial charge in [0.05, 0.1) is 15.7 Å². The van der Waals surface area contributed by atoms with Gasteiger partial charge in [0.15, 0.2) is 6.61 Å². The summed E-state index contributed by atoms with van der Waals surface area (Å²) in [6.07, 6.45) is -4.47. The minimum Gasteiger partial charge on any atom is -0.478 e. The maximum atomic E-state index is 11.9. The summed E-state index contributed by atoms with van der Waals surface area (Å²) in [6.45, 7) is -0.110. The fourth-order valence-electron chi connectivity index (χ4n) is 1.03. The van der Waals surface area contributed by atoms with Crippen LogP contribution in [0.15, 0.2) is 10.5 Å². The predicted molar refractivity (Wildman–Crippen MR) is 55.2 cm³/mol. The minimum absolute atomic E-state index is 0.0600. The number of alkyl halides is 3. The Bertz CT molecular complexity index is 448. The first-order chi connectivity index (χ1) is 7.70. The van der Waals surface area contributed by atoms with Crippen molar-refractivity contribution in [2.75, 3.05) is 6.61 Å². The zero-order valence-corrected chi connectivity index (χ0v) is 10.1. The molecular weight excluding hydrogens is 307 g/mol. The van der Waals surface area contributed by atoms with Crippen LogP contribution in [0.5, 0.6) is 5.88 Å². The van der Waals surface area contributed by atoms with Crippen LogP contribution in [0.25, 0.3) is 0 Å². The van der Waals surface area contributed by atoms with E-state index in [4.69, 9.17) is 5.11 Å². The van der Waals surface area contributed by atoms with Crippen molar-refractivity contribution in [1.82, 2.24) is 4.98 Å². The molecule has 1 N–H and O–H groups in total. The molecule has 0 unspecified atom stereocenters. The van der Waals surface area contributed by atoms with Crippen LogP contribution >= 0.6 is 15.9 Å². The fourth-order valence-corrected chi connectivity index (χ4v) is 1.46. The number of rotatable bonds is 3. The summed E-state index contributed by atoms with van der Waals surface area (Å²) in [6, 6.07) is 1.15. The number of hydrogen-bond donors (Lipinski definition) is 1. The maximum Gasteiger partial charge on any atom is 0.422 e. The predicted octanol–water partition coefficient (Wildman–Crippen LogP) is 2.79. The third kappa shape index (κ3) is 3.88. The number of pyridine rings is 1. The summed E-state index contributed by atoms with van der Waals surface area (Å²) in [4.78, 5) is 14.4. The highest BCUT2D eigenvalue weighted by Gasteiger charge is 2.29. The van der Waals surface area contributed by atoms with E-state index < -0.39 is 18.8 Å². The first-order valence-electron chi connectivity index (χ1n) is 4.30. The zero-order chi connectivity index (χ0) is 13.2. The summed E-state index contributed by atoms with van der Waals surface area (Å²) in [5.41, 5.74) is -0.0193. The Morgan fingerprint density at radius 1 is 1.59 bits per heavy atom. The third-order valence-electron chi connectivity index (χ3n) is 1.74. The van der Waals surface area contributed by atoms with Crippen LogP contribution in [0.2, 0.25) is 0 Å². The molecule has 0 saturated heterocycles. The Hall–Kier alpha value is -1.31. The number of halogens is 4. The molecule has 0 aliphatic rings. The maximum absolute atomic E-state index is 11.9. The Morgan fingerprint density at radius 2 is 2.18 bits per heavy atom. The summed E-state index contributed by atoms with van der Waals surface area (Å²) in [7, 11) is 0. The number of carbonyl (C=O) groups is 1. The van der Waals surface area contributed by atoms with Gasteiger partial charge in [-0.25, -0.2) is 9.78 Å². The van der Waals surface area contributed by atoms with E-state index in [1.807, 2.05) is 0 Å². The van der Waals surface area contributed by atoms with Crippen LogP contribution in [0.4, 0.5) is 13.2 Å². The van der Waals surface area contributed by atoms with Crippen molar-refractivity contribution < 1.29 is 27.8 Å². The van der Waals surface area contributed by atoms with Crippen molar-refractivity contribution in [3.05, 3.63) is 21.8 Å². The summed E-state index contributed by atoms with van der Waals surface area (Å²) >= 11 is 2.90. The number of hydrogen-bond acceptors (Lipinski definition) is 3. The lowest BCUT2D eigenvalue weighted by molar-refractivity contribution is -0.154. The molecule has 8 heteroatoms. The van der Waals surface area contributed by atoms with E-state index in [0.717, 1.165) is 6.07 Å². The topological polar surface area (TPSA) is 59.4 Å². The summed E-state index contributed by atoms with van der Waals surface area (Å²) < 4.78 is 40.3. The van der Waals surface area contributed by atoms with Gasteiger partial charge in [-0.2, -0.15) is 13.2 Å². The number of ether oxygens (including phenoxy) is 1. The van der Waals surface area contributed by atoms with Gasteiger partial charge in [0.1, 0.15) is 0 Å². The number of carboxylic acids is 1. The third-order valence-corrected chi connectivity index (χ3v) is 2.31. The van der Waals surface area contributed by atoms with Crippen molar-refractivity contribution in [3.63, 3.8) is 0 Å².